The van der Waals surface area contributed by atoms with Gasteiger partial charge in [0.2, 0.25) is 5.91 Å². The van der Waals surface area contributed by atoms with E-state index in [0.717, 1.165) is 45.6 Å². The Labute approximate surface area is 116 Å². The van der Waals surface area contributed by atoms with Crippen LogP contribution in [0.25, 0.3) is 0 Å². The van der Waals surface area contributed by atoms with Crippen molar-refractivity contribution >= 4 is 5.91 Å². The van der Waals surface area contributed by atoms with Crippen molar-refractivity contribution in [1.82, 2.24) is 15.1 Å². The zero-order valence-corrected chi connectivity index (χ0v) is 12.5. The van der Waals surface area contributed by atoms with Crippen molar-refractivity contribution in [2.45, 2.75) is 38.3 Å². The molecule has 5 nitrogen and oxygen atoms in total. The Hall–Kier alpha value is -0.650. The van der Waals surface area contributed by atoms with Crippen molar-refractivity contribution in [3.63, 3.8) is 0 Å². The third kappa shape index (κ3) is 3.09. The van der Waals surface area contributed by atoms with Crippen LogP contribution >= 0.6 is 0 Å². The molecular formula is C14H28N4O. The zero-order valence-electron chi connectivity index (χ0n) is 12.5. The Kier molecular flexibility index (Phi) is 4.48. The first-order chi connectivity index (χ1) is 8.99. The molecule has 1 aliphatic carbocycles. The number of carbonyl (C=O) groups excluding carboxylic acids is 1. The van der Waals surface area contributed by atoms with Crippen LogP contribution < -0.4 is 11.1 Å². The van der Waals surface area contributed by atoms with E-state index in [1.54, 1.807) is 0 Å². The number of carbonyl (C=O) groups is 1. The van der Waals surface area contributed by atoms with Gasteiger partial charge in [-0.25, -0.2) is 0 Å². The van der Waals surface area contributed by atoms with E-state index in [1.807, 2.05) is 6.92 Å². The number of nitrogens with one attached hydrogen (secondary N) is 1. The standard InChI is InChI=1S/C14H28N4O/c1-4-16-14(13(15)19,12-5-6-12)10-18-8-7-17(3)9-11(18)2/h11-12,16H,4-10H2,1-3H3,(H2,15,19). The van der Waals surface area contributed by atoms with Crippen molar-refractivity contribution in [3.05, 3.63) is 0 Å². The number of likely N-dealkylation sites (N-methyl/N-ethyl adjacent to an activating group) is 2. The monoisotopic (exact) mass is 268 g/mol. The highest BCUT2D eigenvalue weighted by atomic mass is 16.1. The number of rotatable bonds is 6. The second-order valence-electron chi connectivity index (χ2n) is 6.22. The smallest absolute Gasteiger partial charge is 0.239 e. The van der Waals surface area contributed by atoms with E-state index < -0.39 is 5.54 Å². The van der Waals surface area contributed by atoms with E-state index in [-0.39, 0.29) is 5.91 Å². The Morgan fingerprint density at radius 2 is 2.11 bits per heavy atom. The maximum atomic E-state index is 12.1. The molecule has 19 heavy (non-hydrogen) atoms. The summed E-state index contributed by atoms with van der Waals surface area (Å²) >= 11 is 0. The maximum Gasteiger partial charge on any atom is 0.239 e. The number of hydrogen-bond acceptors (Lipinski definition) is 4. The lowest BCUT2D eigenvalue weighted by atomic mass is 9.90. The number of primary amides is 1. The van der Waals surface area contributed by atoms with Crippen LogP contribution in [0, 0.1) is 5.92 Å². The van der Waals surface area contributed by atoms with Gasteiger partial charge in [0.15, 0.2) is 0 Å². The molecule has 3 N–H and O–H groups in total. The Morgan fingerprint density at radius 3 is 2.58 bits per heavy atom. The van der Waals surface area contributed by atoms with Crippen LogP contribution in [0.5, 0.6) is 0 Å². The van der Waals surface area contributed by atoms with E-state index in [4.69, 9.17) is 5.73 Å². The Balaban J connectivity index is 2.09. The molecule has 0 spiro atoms. The molecule has 0 aromatic heterocycles. The molecule has 1 heterocycles. The lowest BCUT2D eigenvalue weighted by molar-refractivity contribution is -0.126. The van der Waals surface area contributed by atoms with Crippen molar-refractivity contribution in [2.24, 2.45) is 11.7 Å². The van der Waals surface area contributed by atoms with Crippen LogP contribution in [0.3, 0.4) is 0 Å². The number of nitrogens with zero attached hydrogens (tertiary/aromatic N) is 2. The van der Waals surface area contributed by atoms with Crippen LogP contribution in [0.4, 0.5) is 0 Å². The summed E-state index contributed by atoms with van der Waals surface area (Å²) in [5, 5.41) is 3.41. The van der Waals surface area contributed by atoms with E-state index in [1.165, 1.54) is 0 Å². The Morgan fingerprint density at radius 1 is 1.42 bits per heavy atom. The largest absolute Gasteiger partial charge is 0.368 e. The van der Waals surface area contributed by atoms with Gasteiger partial charge < -0.3 is 16.0 Å². The van der Waals surface area contributed by atoms with Crippen molar-refractivity contribution in [2.75, 3.05) is 39.8 Å². The minimum Gasteiger partial charge on any atom is -0.368 e. The van der Waals surface area contributed by atoms with E-state index in [0.29, 0.717) is 12.0 Å². The summed E-state index contributed by atoms with van der Waals surface area (Å²) in [6.07, 6.45) is 2.25. The fourth-order valence-electron chi connectivity index (χ4n) is 3.32. The second kappa shape index (κ2) is 5.77. The Bertz CT molecular complexity index is 331. The van der Waals surface area contributed by atoms with Gasteiger partial charge >= 0.3 is 0 Å². The summed E-state index contributed by atoms with van der Waals surface area (Å²) in [4.78, 5) is 16.8. The molecule has 1 saturated carbocycles. The summed E-state index contributed by atoms with van der Waals surface area (Å²) in [6.45, 7) is 8.98. The van der Waals surface area contributed by atoms with Crippen molar-refractivity contribution in [1.29, 1.82) is 0 Å². The van der Waals surface area contributed by atoms with Crippen LogP contribution in [0.1, 0.15) is 26.7 Å². The normalized spacial score (nSPS) is 29.1. The van der Waals surface area contributed by atoms with Gasteiger partial charge in [-0.05, 0) is 39.3 Å². The summed E-state index contributed by atoms with van der Waals surface area (Å²) in [5.74, 6) is 0.250. The minimum absolute atomic E-state index is 0.178. The number of piperazine rings is 1. The van der Waals surface area contributed by atoms with Gasteiger partial charge in [0, 0.05) is 32.2 Å². The maximum absolute atomic E-state index is 12.1. The molecule has 5 heteroatoms. The SMILES string of the molecule is CCNC(CN1CCN(C)CC1C)(C(N)=O)C1CC1. The minimum atomic E-state index is -0.515. The molecule has 0 aromatic rings. The molecule has 0 bridgehead atoms. The topological polar surface area (TPSA) is 61.6 Å². The van der Waals surface area contributed by atoms with Crippen molar-refractivity contribution in [3.8, 4) is 0 Å². The van der Waals surface area contributed by atoms with Gasteiger partial charge in [0.25, 0.3) is 0 Å². The zero-order chi connectivity index (χ0) is 14.0. The molecule has 2 rings (SSSR count). The van der Waals surface area contributed by atoms with Crippen LogP contribution in [0.2, 0.25) is 0 Å². The molecule has 1 amide bonds. The molecule has 1 aliphatic heterocycles. The first-order valence-corrected chi connectivity index (χ1v) is 7.47. The van der Waals surface area contributed by atoms with Crippen molar-refractivity contribution < 1.29 is 4.79 Å². The molecule has 2 atom stereocenters. The molecule has 2 aliphatic rings. The van der Waals surface area contributed by atoms with E-state index in [2.05, 4.69) is 29.1 Å². The van der Waals surface area contributed by atoms with E-state index >= 15 is 0 Å². The summed E-state index contributed by atoms with van der Waals surface area (Å²) in [6, 6.07) is 0.481. The van der Waals surface area contributed by atoms with Gasteiger partial charge in [-0.1, -0.05) is 6.92 Å². The lowest BCUT2D eigenvalue weighted by Crippen LogP contribution is -2.66. The van der Waals surface area contributed by atoms with Crippen LogP contribution in [-0.2, 0) is 4.79 Å². The number of nitrogens with two attached hydrogens (primary N) is 1. The highest BCUT2D eigenvalue weighted by Crippen LogP contribution is 2.40. The first-order valence-electron chi connectivity index (χ1n) is 7.47. The molecule has 2 unspecified atom stereocenters. The van der Waals surface area contributed by atoms with Gasteiger partial charge in [-0.15, -0.1) is 0 Å². The quantitative estimate of drug-likeness (QED) is 0.704. The number of amides is 1. The highest BCUT2D eigenvalue weighted by Gasteiger charge is 2.50. The third-order valence-electron chi connectivity index (χ3n) is 4.63. The molecule has 0 radical (unpaired) electrons. The lowest BCUT2D eigenvalue weighted by Gasteiger charge is -2.43. The summed E-state index contributed by atoms with van der Waals surface area (Å²) in [7, 11) is 2.15. The second-order valence-corrected chi connectivity index (χ2v) is 6.22. The van der Waals surface area contributed by atoms with Crippen LogP contribution in [-0.4, -0.2) is 67.1 Å². The van der Waals surface area contributed by atoms with Gasteiger partial charge in [-0.2, -0.15) is 0 Å². The predicted molar refractivity (Wildman–Crippen MR) is 76.9 cm³/mol. The molecule has 1 saturated heterocycles. The molecule has 2 fully saturated rings. The van der Waals surface area contributed by atoms with E-state index in [9.17, 15) is 4.79 Å². The highest BCUT2D eigenvalue weighted by molar-refractivity contribution is 5.86. The fourth-order valence-corrected chi connectivity index (χ4v) is 3.32. The molecule has 110 valence electrons. The summed E-state index contributed by atoms with van der Waals surface area (Å²) in [5.41, 5.74) is 5.24. The van der Waals surface area contributed by atoms with Gasteiger partial charge in [0.05, 0.1) is 0 Å². The molecule has 0 aromatic carbocycles. The number of hydrogen-bond donors (Lipinski definition) is 2. The third-order valence-corrected chi connectivity index (χ3v) is 4.63. The average Bonchev–Trinajstić information content (AvgIpc) is 3.15. The average molecular weight is 268 g/mol. The predicted octanol–water partition coefficient (Wildman–Crippen LogP) is -0.134. The first kappa shape index (κ1) is 14.8. The van der Waals surface area contributed by atoms with Crippen LogP contribution in [0.15, 0.2) is 0 Å². The summed E-state index contributed by atoms with van der Waals surface area (Å²) < 4.78 is 0. The molecular weight excluding hydrogens is 240 g/mol. The van der Waals surface area contributed by atoms with Gasteiger partial charge in [0.1, 0.15) is 5.54 Å². The fraction of sp³-hybridized carbons (Fsp3) is 0.929. The van der Waals surface area contributed by atoms with Gasteiger partial charge in [-0.3, -0.25) is 9.69 Å².